The lowest BCUT2D eigenvalue weighted by Gasteiger charge is -2.59. The molecule has 6 heteroatoms. The van der Waals surface area contributed by atoms with Gasteiger partial charge in [0.05, 0.1) is 11.3 Å². The number of para-hydroxylation sites is 1. The van der Waals surface area contributed by atoms with Crippen LogP contribution in [0.15, 0.2) is 52.5 Å². The number of aromatic nitrogens is 1. The lowest BCUT2D eigenvalue weighted by molar-refractivity contribution is -0.124. The first-order valence-corrected chi connectivity index (χ1v) is 12.7. The number of nitrogens with zero attached hydrogens (tertiary/aromatic N) is 2. The highest BCUT2D eigenvalue weighted by Gasteiger charge is 2.53. The molecule has 1 aliphatic heterocycles. The van der Waals surface area contributed by atoms with Gasteiger partial charge in [0.25, 0.3) is 5.91 Å². The van der Waals surface area contributed by atoms with Gasteiger partial charge < -0.3 is 5.32 Å². The molecule has 4 fully saturated rings. The highest BCUT2D eigenvalue weighted by Crippen LogP contribution is 2.61. The predicted octanol–water partition coefficient (Wildman–Crippen LogP) is 4.91. The van der Waals surface area contributed by atoms with E-state index in [9.17, 15) is 9.59 Å². The number of nitrogens with one attached hydrogen (secondary N) is 1. The maximum atomic E-state index is 13.4. The smallest absolute Gasteiger partial charge is 0.261 e. The predicted molar refractivity (Wildman–Crippen MR) is 125 cm³/mol. The van der Waals surface area contributed by atoms with Gasteiger partial charge in [-0.05, 0) is 92.9 Å². The zero-order valence-electron chi connectivity index (χ0n) is 18.4. The number of fused-ring (bicyclic) bond motifs is 2. The fourth-order valence-electron chi connectivity index (χ4n) is 7.21. The normalized spacial score (nSPS) is 31.0. The van der Waals surface area contributed by atoms with Crippen LogP contribution in [0.2, 0.25) is 0 Å². The van der Waals surface area contributed by atoms with Gasteiger partial charge in [0.15, 0.2) is 0 Å². The number of benzene rings is 1. The van der Waals surface area contributed by atoms with Crippen molar-refractivity contribution in [1.29, 1.82) is 0 Å². The fraction of sp³-hybridized carbons (Fsp3) is 0.500. The number of hydrogen-bond acceptors (Lipinski definition) is 4. The highest BCUT2D eigenvalue weighted by atomic mass is 32.2. The summed E-state index contributed by atoms with van der Waals surface area (Å²) in [4.78, 5) is 33.7. The number of hydrogen-bond donors (Lipinski definition) is 1. The SMILES string of the molecule is CC(NC(=O)CN1C(=O)c2cccnc2Sc2ccccc21)C12CC3CC(CC(C3)C1)C2. The van der Waals surface area contributed by atoms with Crippen LogP contribution in [0.3, 0.4) is 0 Å². The van der Waals surface area contributed by atoms with Crippen LogP contribution < -0.4 is 10.2 Å². The van der Waals surface area contributed by atoms with E-state index in [-0.39, 0.29) is 29.8 Å². The number of amides is 2. The first-order valence-electron chi connectivity index (χ1n) is 11.8. The van der Waals surface area contributed by atoms with Gasteiger partial charge in [0.2, 0.25) is 5.91 Å². The minimum atomic E-state index is -0.164. The number of anilines is 1. The molecule has 7 rings (SSSR count). The van der Waals surface area contributed by atoms with E-state index in [1.165, 1.54) is 50.3 Å². The molecule has 2 heterocycles. The highest BCUT2D eigenvalue weighted by molar-refractivity contribution is 7.99. The van der Waals surface area contributed by atoms with Gasteiger partial charge in [0.1, 0.15) is 11.6 Å². The molecule has 166 valence electrons. The van der Waals surface area contributed by atoms with Crippen molar-refractivity contribution in [3.8, 4) is 0 Å². The average Bonchev–Trinajstić information content (AvgIpc) is 2.88. The topological polar surface area (TPSA) is 62.3 Å². The van der Waals surface area contributed by atoms with Crippen LogP contribution in [-0.4, -0.2) is 29.4 Å². The van der Waals surface area contributed by atoms with Crippen molar-refractivity contribution in [3.05, 3.63) is 48.2 Å². The molecule has 1 aromatic carbocycles. The second-order valence-electron chi connectivity index (χ2n) is 10.4. The molecular formula is C26H29N3O2S. The van der Waals surface area contributed by atoms with E-state index in [1.54, 1.807) is 23.2 Å². The van der Waals surface area contributed by atoms with Crippen molar-refractivity contribution in [1.82, 2.24) is 10.3 Å². The van der Waals surface area contributed by atoms with Gasteiger partial charge in [-0.15, -0.1) is 0 Å². The second kappa shape index (κ2) is 7.62. The third-order valence-corrected chi connectivity index (χ3v) is 9.38. The molecule has 5 nitrogen and oxygen atoms in total. The zero-order valence-corrected chi connectivity index (χ0v) is 19.2. The van der Waals surface area contributed by atoms with Gasteiger partial charge in [-0.1, -0.05) is 23.9 Å². The Morgan fingerprint density at radius 1 is 1.12 bits per heavy atom. The van der Waals surface area contributed by atoms with Gasteiger partial charge in [-0.3, -0.25) is 14.5 Å². The van der Waals surface area contributed by atoms with E-state index in [1.807, 2.05) is 24.3 Å². The molecule has 1 unspecified atom stereocenters. The number of carbonyl (C=O) groups excluding carboxylic acids is 2. The Kier molecular flexibility index (Phi) is 4.83. The first kappa shape index (κ1) is 20.3. The molecule has 1 atom stereocenters. The summed E-state index contributed by atoms with van der Waals surface area (Å²) < 4.78 is 0. The molecule has 0 saturated heterocycles. The molecule has 5 aliphatic rings. The molecule has 0 spiro atoms. The molecular weight excluding hydrogens is 418 g/mol. The standard InChI is InChI=1S/C26H29N3O2S/c1-16(26-12-17-9-18(13-26)11-19(10-17)14-26)28-23(30)15-29-21-6-2-3-7-22(21)32-24-20(25(29)31)5-4-8-27-24/h2-8,16-19H,9-15H2,1H3,(H,28,30). The largest absolute Gasteiger partial charge is 0.352 e. The molecule has 4 saturated carbocycles. The monoisotopic (exact) mass is 447 g/mol. The molecule has 32 heavy (non-hydrogen) atoms. The van der Waals surface area contributed by atoms with E-state index >= 15 is 0 Å². The summed E-state index contributed by atoms with van der Waals surface area (Å²) >= 11 is 1.49. The zero-order chi connectivity index (χ0) is 21.9. The molecule has 2 aromatic rings. The van der Waals surface area contributed by atoms with Crippen LogP contribution in [0.4, 0.5) is 5.69 Å². The van der Waals surface area contributed by atoms with Crippen LogP contribution in [0, 0.1) is 23.2 Å². The summed E-state index contributed by atoms with van der Waals surface area (Å²) in [5.41, 5.74) is 1.58. The number of carbonyl (C=O) groups is 2. The van der Waals surface area contributed by atoms with E-state index in [0.29, 0.717) is 10.6 Å². The summed E-state index contributed by atoms with van der Waals surface area (Å²) in [5.74, 6) is 2.30. The molecule has 2 amide bonds. The van der Waals surface area contributed by atoms with Gasteiger partial charge in [-0.2, -0.15) is 0 Å². The lowest BCUT2D eigenvalue weighted by Crippen LogP contribution is -2.57. The molecule has 0 radical (unpaired) electrons. The third-order valence-electron chi connectivity index (χ3n) is 8.29. The van der Waals surface area contributed by atoms with Crippen LogP contribution >= 0.6 is 11.8 Å². The Morgan fingerprint density at radius 2 is 1.81 bits per heavy atom. The van der Waals surface area contributed by atoms with Crippen LogP contribution in [0.25, 0.3) is 0 Å². The molecule has 1 N–H and O–H groups in total. The number of rotatable bonds is 4. The van der Waals surface area contributed by atoms with Gasteiger partial charge >= 0.3 is 0 Å². The fourth-order valence-corrected chi connectivity index (χ4v) is 8.23. The van der Waals surface area contributed by atoms with Crippen molar-refractivity contribution in [3.63, 3.8) is 0 Å². The average molecular weight is 448 g/mol. The Bertz CT molecular complexity index is 1050. The summed E-state index contributed by atoms with van der Waals surface area (Å²) in [6.07, 6.45) is 9.64. The summed E-state index contributed by atoms with van der Waals surface area (Å²) in [6.45, 7) is 2.22. The van der Waals surface area contributed by atoms with E-state index in [4.69, 9.17) is 0 Å². The Morgan fingerprint density at radius 3 is 2.53 bits per heavy atom. The third kappa shape index (κ3) is 3.35. The Labute approximate surface area is 193 Å². The van der Waals surface area contributed by atoms with Crippen LogP contribution in [0.1, 0.15) is 55.8 Å². The van der Waals surface area contributed by atoms with Crippen molar-refractivity contribution in [2.75, 3.05) is 11.4 Å². The second-order valence-corrected chi connectivity index (χ2v) is 11.4. The van der Waals surface area contributed by atoms with E-state index in [2.05, 4.69) is 17.2 Å². The molecule has 4 aliphatic carbocycles. The quantitative estimate of drug-likeness (QED) is 0.723. The lowest BCUT2D eigenvalue weighted by atomic mass is 9.48. The summed E-state index contributed by atoms with van der Waals surface area (Å²) in [7, 11) is 0. The van der Waals surface area contributed by atoms with Crippen molar-refractivity contribution < 1.29 is 9.59 Å². The van der Waals surface area contributed by atoms with Crippen molar-refractivity contribution in [2.24, 2.45) is 23.2 Å². The van der Waals surface area contributed by atoms with Crippen LogP contribution in [-0.2, 0) is 4.79 Å². The number of pyridine rings is 1. The van der Waals surface area contributed by atoms with Crippen molar-refractivity contribution >= 4 is 29.3 Å². The maximum Gasteiger partial charge on any atom is 0.261 e. The first-order chi connectivity index (χ1) is 15.5. The minimum Gasteiger partial charge on any atom is -0.352 e. The van der Waals surface area contributed by atoms with Gasteiger partial charge in [0, 0.05) is 17.1 Å². The maximum absolute atomic E-state index is 13.4. The molecule has 1 aromatic heterocycles. The van der Waals surface area contributed by atoms with E-state index < -0.39 is 0 Å². The molecule has 4 bridgehead atoms. The van der Waals surface area contributed by atoms with E-state index in [0.717, 1.165) is 28.3 Å². The Balaban J connectivity index is 1.24. The summed E-state index contributed by atoms with van der Waals surface area (Å²) in [6, 6.07) is 11.5. The van der Waals surface area contributed by atoms with Gasteiger partial charge in [-0.25, -0.2) is 4.98 Å². The summed E-state index contributed by atoms with van der Waals surface area (Å²) in [5, 5.41) is 4.01. The Hall–Kier alpha value is -2.34. The minimum absolute atomic E-state index is 0.0292. The van der Waals surface area contributed by atoms with Crippen LogP contribution in [0.5, 0.6) is 0 Å². The van der Waals surface area contributed by atoms with Crippen molar-refractivity contribution in [2.45, 2.75) is 61.4 Å².